The van der Waals surface area contributed by atoms with E-state index in [4.69, 9.17) is 0 Å². The lowest BCUT2D eigenvalue weighted by Crippen LogP contribution is -2.26. The molecule has 6 heteroatoms. The Morgan fingerprint density at radius 3 is 2.82 bits per heavy atom. The van der Waals surface area contributed by atoms with Crippen LogP contribution in [0.2, 0.25) is 0 Å². The Morgan fingerprint density at radius 1 is 1.41 bits per heavy atom. The van der Waals surface area contributed by atoms with Crippen LogP contribution in [0.1, 0.15) is 6.42 Å². The van der Waals surface area contributed by atoms with Crippen LogP contribution >= 0.6 is 0 Å². The van der Waals surface area contributed by atoms with E-state index in [1.165, 1.54) is 12.1 Å². The second-order valence-electron chi connectivity index (χ2n) is 3.68. The molecule has 0 spiro atoms. The van der Waals surface area contributed by atoms with Crippen molar-refractivity contribution in [3.8, 4) is 0 Å². The molecule has 0 aromatic heterocycles. The van der Waals surface area contributed by atoms with Crippen molar-refractivity contribution in [2.24, 2.45) is 4.99 Å². The van der Waals surface area contributed by atoms with Gasteiger partial charge in [0.15, 0.2) is 0 Å². The van der Waals surface area contributed by atoms with E-state index in [0.29, 0.717) is 6.07 Å². The van der Waals surface area contributed by atoms with Gasteiger partial charge in [-0.25, -0.2) is 18.6 Å². The number of aliphatic imine (C=N–C) groups is 1. The molecule has 1 aromatic rings. The Morgan fingerprint density at radius 2 is 2.18 bits per heavy atom. The average molecular weight is 238 g/mol. The molecular formula is C11H8F2N2O2. The van der Waals surface area contributed by atoms with Gasteiger partial charge in [-0.2, -0.15) is 0 Å². The molecule has 1 aliphatic heterocycles. The Hall–Kier alpha value is -2.07. The summed E-state index contributed by atoms with van der Waals surface area (Å²) in [5, 5.41) is 0. The van der Waals surface area contributed by atoms with Gasteiger partial charge in [0.25, 0.3) is 0 Å². The number of nitrogens with zero attached hydrogens (tertiary/aromatic N) is 2. The lowest BCUT2D eigenvalue weighted by Gasteiger charge is -2.16. The maximum Gasteiger partial charge on any atom is 0.235 e. The van der Waals surface area contributed by atoms with E-state index < -0.39 is 17.7 Å². The maximum atomic E-state index is 13.4. The first-order valence-electron chi connectivity index (χ1n) is 4.94. The van der Waals surface area contributed by atoms with Crippen molar-refractivity contribution in [2.75, 3.05) is 11.4 Å². The molecule has 4 nitrogen and oxygen atoms in total. The first kappa shape index (κ1) is 11.4. The zero-order valence-electron chi connectivity index (χ0n) is 8.69. The molecule has 2 rings (SSSR count). The molecule has 1 atom stereocenters. The predicted molar refractivity (Wildman–Crippen MR) is 55.2 cm³/mol. The molecule has 1 amide bonds. The van der Waals surface area contributed by atoms with Crippen molar-refractivity contribution >= 4 is 17.7 Å². The Kier molecular flexibility index (Phi) is 2.97. The standard InChI is InChI=1S/C11H8F2N2O2/c12-7-1-2-10(9(13)3-7)15-5-8(14-6-16)4-11(15)17/h1-3,8H,4-5H2. The van der Waals surface area contributed by atoms with E-state index >= 15 is 0 Å². The Labute approximate surface area is 95.6 Å². The molecule has 0 N–H and O–H groups in total. The SMILES string of the molecule is O=C=NC1CC(=O)N(c2ccc(F)cc2F)C1. The smallest absolute Gasteiger partial charge is 0.235 e. The van der Waals surface area contributed by atoms with Crippen molar-refractivity contribution in [3.63, 3.8) is 0 Å². The quantitative estimate of drug-likeness (QED) is 0.577. The zero-order chi connectivity index (χ0) is 12.4. The Bertz CT molecular complexity index is 512. The molecule has 88 valence electrons. The van der Waals surface area contributed by atoms with Crippen molar-refractivity contribution < 1.29 is 18.4 Å². The van der Waals surface area contributed by atoms with E-state index in [2.05, 4.69) is 4.99 Å². The summed E-state index contributed by atoms with van der Waals surface area (Å²) in [4.78, 5) is 26.2. The predicted octanol–water partition coefficient (Wildman–Crippen LogP) is 1.41. The van der Waals surface area contributed by atoms with Gasteiger partial charge in [-0.05, 0) is 12.1 Å². The van der Waals surface area contributed by atoms with Crippen LogP contribution in [0.15, 0.2) is 23.2 Å². The van der Waals surface area contributed by atoms with Crippen molar-refractivity contribution in [1.82, 2.24) is 0 Å². The third-order valence-corrected chi connectivity index (χ3v) is 2.54. The number of halogens is 2. The normalized spacial score (nSPS) is 19.3. The van der Waals surface area contributed by atoms with Gasteiger partial charge in [-0.15, -0.1) is 0 Å². The molecule has 1 unspecified atom stereocenters. The molecule has 1 heterocycles. The summed E-state index contributed by atoms with van der Waals surface area (Å²) in [6, 6.07) is 2.46. The van der Waals surface area contributed by atoms with Crippen LogP contribution in [0.3, 0.4) is 0 Å². The summed E-state index contributed by atoms with van der Waals surface area (Å²) in [5.41, 5.74) is -0.000000945. The summed E-state index contributed by atoms with van der Waals surface area (Å²) in [6.07, 6.45) is 1.40. The van der Waals surface area contributed by atoms with Crippen molar-refractivity contribution in [1.29, 1.82) is 0 Å². The summed E-state index contributed by atoms with van der Waals surface area (Å²) in [6.45, 7) is 0.108. The molecule has 0 radical (unpaired) electrons. The van der Waals surface area contributed by atoms with E-state index in [1.54, 1.807) is 0 Å². The van der Waals surface area contributed by atoms with Crippen molar-refractivity contribution in [3.05, 3.63) is 29.8 Å². The largest absolute Gasteiger partial charge is 0.307 e. The minimum atomic E-state index is -0.811. The number of rotatable bonds is 2. The summed E-state index contributed by atoms with van der Waals surface area (Å²) in [5.74, 6) is -1.87. The van der Waals surface area contributed by atoms with E-state index in [0.717, 1.165) is 11.0 Å². The Balaban J connectivity index is 2.28. The molecular weight excluding hydrogens is 230 g/mol. The molecule has 1 saturated heterocycles. The second-order valence-corrected chi connectivity index (χ2v) is 3.68. The monoisotopic (exact) mass is 238 g/mol. The van der Waals surface area contributed by atoms with Gasteiger partial charge in [0.05, 0.1) is 18.2 Å². The number of benzene rings is 1. The van der Waals surface area contributed by atoms with Gasteiger partial charge in [0.2, 0.25) is 12.0 Å². The van der Waals surface area contributed by atoms with Gasteiger partial charge in [-0.3, -0.25) is 4.79 Å². The second kappa shape index (κ2) is 4.43. The number of hydrogen-bond acceptors (Lipinski definition) is 3. The maximum absolute atomic E-state index is 13.4. The highest BCUT2D eigenvalue weighted by Gasteiger charge is 2.31. The minimum absolute atomic E-state index is 0.000000945. The van der Waals surface area contributed by atoms with E-state index in [9.17, 15) is 18.4 Å². The highest BCUT2D eigenvalue weighted by atomic mass is 19.1. The highest BCUT2D eigenvalue weighted by Crippen LogP contribution is 2.26. The third-order valence-electron chi connectivity index (χ3n) is 2.54. The lowest BCUT2D eigenvalue weighted by atomic mass is 10.2. The minimum Gasteiger partial charge on any atom is -0.307 e. The van der Waals surface area contributed by atoms with Gasteiger partial charge in [0, 0.05) is 12.6 Å². The topological polar surface area (TPSA) is 49.7 Å². The van der Waals surface area contributed by atoms with Gasteiger partial charge < -0.3 is 4.90 Å². The first-order chi connectivity index (χ1) is 8.11. The fraction of sp³-hybridized carbons (Fsp3) is 0.273. The molecule has 1 fully saturated rings. The van der Waals surface area contributed by atoms with E-state index in [-0.39, 0.29) is 24.6 Å². The van der Waals surface area contributed by atoms with Crippen LogP contribution in [-0.2, 0) is 9.59 Å². The van der Waals surface area contributed by atoms with Gasteiger partial charge in [-0.1, -0.05) is 0 Å². The van der Waals surface area contributed by atoms with E-state index in [1.807, 2.05) is 0 Å². The van der Waals surface area contributed by atoms with Crippen LogP contribution in [0.4, 0.5) is 14.5 Å². The first-order valence-corrected chi connectivity index (χ1v) is 4.94. The summed E-state index contributed by atoms with van der Waals surface area (Å²) in [7, 11) is 0. The number of carbonyl (C=O) groups excluding carboxylic acids is 2. The lowest BCUT2D eigenvalue weighted by molar-refractivity contribution is -0.117. The summed E-state index contributed by atoms with van der Waals surface area (Å²) < 4.78 is 26.2. The number of anilines is 1. The molecule has 1 aliphatic rings. The van der Waals surface area contributed by atoms with Crippen LogP contribution < -0.4 is 4.90 Å². The summed E-state index contributed by atoms with van der Waals surface area (Å²) >= 11 is 0. The third kappa shape index (κ3) is 2.21. The van der Waals surface area contributed by atoms with Crippen LogP contribution in [0.25, 0.3) is 0 Å². The average Bonchev–Trinajstić information content (AvgIpc) is 2.60. The molecule has 0 saturated carbocycles. The number of isocyanates is 1. The fourth-order valence-corrected chi connectivity index (χ4v) is 1.78. The van der Waals surface area contributed by atoms with Crippen LogP contribution in [0.5, 0.6) is 0 Å². The highest BCUT2D eigenvalue weighted by molar-refractivity contribution is 5.96. The molecule has 0 bridgehead atoms. The van der Waals surface area contributed by atoms with Gasteiger partial charge >= 0.3 is 0 Å². The molecule has 0 aliphatic carbocycles. The number of carbonyl (C=O) groups is 1. The fourth-order valence-electron chi connectivity index (χ4n) is 1.78. The number of hydrogen-bond donors (Lipinski definition) is 0. The van der Waals surface area contributed by atoms with Crippen LogP contribution in [-0.4, -0.2) is 24.6 Å². The van der Waals surface area contributed by atoms with Gasteiger partial charge in [0.1, 0.15) is 11.6 Å². The van der Waals surface area contributed by atoms with Crippen LogP contribution in [0, 0.1) is 11.6 Å². The molecule has 17 heavy (non-hydrogen) atoms. The van der Waals surface area contributed by atoms with Crippen molar-refractivity contribution in [2.45, 2.75) is 12.5 Å². The number of amides is 1. The zero-order valence-corrected chi connectivity index (χ0v) is 8.69. The molecule has 1 aromatic carbocycles.